The van der Waals surface area contributed by atoms with Crippen LogP contribution in [0.5, 0.6) is 5.75 Å². The maximum absolute atomic E-state index is 5.49. The molecule has 0 amide bonds. The number of hydrogen-bond donors (Lipinski definition) is 1. The van der Waals surface area contributed by atoms with Gasteiger partial charge in [-0.25, -0.2) is 4.99 Å². The van der Waals surface area contributed by atoms with Crippen LogP contribution in [0.1, 0.15) is 29.9 Å². The van der Waals surface area contributed by atoms with Crippen LogP contribution in [0.3, 0.4) is 0 Å². The maximum atomic E-state index is 5.49. The average Bonchev–Trinajstić information content (AvgIpc) is 3.02. The Morgan fingerprint density at radius 2 is 1.85 bits per heavy atom. The zero-order chi connectivity index (χ0) is 18.5. The van der Waals surface area contributed by atoms with Gasteiger partial charge in [0.05, 0.1) is 17.5 Å². The van der Waals surface area contributed by atoms with Crippen LogP contribution in [0.4, 0.5) is 11.4 Å². The zero-order valence-electron chi connectivity index (χ0n) is 15.6. The third-order valence-electron chi connectivity index (χ3n) is 4.71. The molecule has 0 saturated heterocycles. The number of anilines is 1. The highest BCUT2D eigenvalue weighted by Gasteiger charge is 2.34. The lowest BCUT2D eigenvalue weighted by molar-refractivity contribution is 0.416. The topological polar surface area (TPSA) is 33.6 Å². The van der Waals surface area contributed by atoms with E-state index in [1.165, 1.54) is 32.8 Å². The van der Waals surface area contributed by atoms with Gasteiger partial charge < -0.3 is 10.1 Å². The van der Waals surface area contributed by atoms with E-state index in [0.717, 1.165) is 16.1 Å². The van der Waals surface area contributed by atoms with E-state index >= 15 is 0 Å². The molecule has 2 aromatic carbocycles. The van der Waals surface area contributed by atoms with Crippen LogP contribution < -0.4 is 14.7 Å². The number of nitrogens with one attached hydrogen (secondary N) is 1. The van der Waals surface area contributed by atoms with Gasteiger partial charge in [-0.15, -0.1) is 0 Å². The third kappa shape index (κ3) is 2.75. The molecule has 0 aliphatic carbocycles. The van der Waals surface area contributed by atoms with Crippen molar-refractivity contribution in [3.05, 3.63) is 57.1 Å². The Labute approximate surface area is 161 Å². The lowest BCUT2D eigenvalue weighted by atomic mass is 9.87. The smallest absolute Gasteiger partial charge is 0.144 e. The lowest BCUT2D eigenvalue weighted by Gasteiger charge is -2.34. The van der Waals surface area contributed by atoms with Gasteiger partial charge >= 0.3 is 0 Å². The van der Waals surface area contributed by atoms with Gasteiger partial charge in [0.15, 0.2) is 0 Å². The molecule has 1 aliphatic heterocycles. The number of para-hydroxylation sites is 2. The van der Waals surface area contributed by atoms with Crippen molar-refractivity contribution in [3.8, 4) is 16.9 Å². The van der Waals surface area contributed by atoms with Gasteiger partial charge in [-0.3, -0.25) is 0 Å². The van der Waals surface area contributed by atoms with Crippen molar-refractivity contribution in [1.29, 1.82) is 0 Å². The van der Waals surface area contributed by atoms with Crippen LogP contribution >= 0.6 is 20.7 Å². The van der Waals surface area contributed by atoms with Crippen molar-refractivity contribution in [2.45, 2.75) is 33.2 Å². The third-order valence-corrected chi connectivity index (χ3v) is 7.35. The molecular weight excluding hydrogens is 360 g/mol. The second kappa shape index (κ2) is 6.25. The number of ether oxygens (including phenoxy) is 1. The van der Waals surface area contributed by atoms with Gasteiger partial charge in [0.2, 0.25) is 0 Å². The van der Waals surface area contributed by atoms with E-state index in [1.54, 1.807) is 17.5 Å². The molecule has 0 bridgehead atoms. The Bertz CT molecular complexity index is 1060. The van der Waals surface area contributed by atoms with Gasteiger partial charge in [-0.2, -0.15) is 0 Å². The molecule has 0 radical (unpaired) electrons. The van der Waals surface area contributed by atoms with Crippen LogP contribution in [0.25, 0.3) is 11.1 Å². The van der Waals surface area contributed by atoms with Crippen LogP contribution in [-0.4, -0.2) is 7.11 Å². The molecule has 4 rings (SSSR count). The summed E-state index contributed by atoms with van der Waals surface area (Å²) in [4.78, 5) is 6.33. The van der Waals surface area contributed by atoms with Crippen molar-refractivity contribution in [1.82, 2.24) is 0 Å². The fraction of sp³-hybridized carbons (Fsp3) is 0.286. The van der Waals surface area contributed by atoms with Crippen LogP contribution in [0.2, 0.25) is 0 Å². The summed E-state index contributed by atoms with van der Waals surface area (Å²) in [7, 11) is 5.24. The Hall–Kier alpha value is -2.11. The molecule has 0 saturated carbocycles. The van der Waals surface area contributed by atoms with Gasteiger partial charge in [-0.05, 0) is 51.5 Å². The van der Waals surface area contributed by atoms with Crippen molar-refractivity contribution >= 4 is 32.1 Å². The summed E-state index contributed by atoms with van der Waals surface area (Å²) in [5.74, 6) is 0.800. The number of nitrogens with zero attached hydrogens (tertiary/aromatic N) is 1. The number of aryl methyl sites for hydroxylation is 2. The number of benzene rings is 2. The molecule has 1 N–H and O–H groups in total. The van der Waals surface area contributed by atoms with Crippen molar-refractivity contribution in [3.63, 3.8) is 0 Å². The van der Waals surface area contributed by atoms with Gasteiger partial charge in [0, 0.05) is 16.8 Å². The average molecular weight is 383 g/mol. The fourth-order valence-corrected chi connectivity index (χ4v) is 6.45. The standard InChI is InChI=1S/C21H22N2OS2/c1-12-10-13(2)18-14(11-12)17-19(21(3,4)23-18)25-26-20(17)22-15-8-6-7-9-16(15)24-5/h6-11,23H,1-5H3. The number of fused-ring (bicyclic) bond motifs is 3. The van der Waals surface area contributed by atoms with Crippen LogP contribution in [-0.2, 0) is 5.54 Å². The number of rotatable bonds is 2. The maximum Gasteiger partial charge on any atom is 0.144 e. The second-order valence-electron chi connectivity index (χ2n) is 7.21. The number of methoxy groups -OCH3 is 1. The zero-order valence-corrected chi connectivity index (χ0v) is 17.3. The van der Waals surface area contributed by atoms with E-state index in [4.69, 9.17) is 9.73 Å². The first-order chi connectivity index (χ1) is 12.4. The van der Waals surface area contributed by atoms with Gasteiger partial charge in [-0.1, -0.05) is 44.4 Å². The molecule has 134 valence electrons. The van der Waals surface area contributed by atoms with E-state index in [2.05, 4.69) is 45.1 Å². The van der Waals surface area contributed by atoms with Crippen molar-refractivity contribution in [2.75, 3.05) is 12.4 Å². The van der Waals surface area contributed by atoms with Gasteiger partial charge in [0.25, 0.3) is 0 Å². The van der Waals surface area contributed by atoms with E-state index in [9.17, 15) is 0 Å². The summed E-state index contributed by atoms with van der Waals surface area (Å²) in [5.41, 5.74) is 7.04. The summed E-state index contributed by atoms with van der Waals surface area (Å²) in [5, 5.41) is 3.74. The molecule has 3 aromatic rings. The molecule has 0 fully saturated rings. The molecule has 26 heavy (non-hydrogen) atoms. The molecule has 1 aliphatic rings. The minimum absolute atomic E-state index is 0.113. The van der Waals surface area contributed by atoms with Crippen molar-refractivity contribution < 1.29 is 4.74 Å². The molecule has 0 spiro atoms. The largest absolute Gasteiger partial charge is 0.494 e. The lowest BCUT2D eigenvalue weighted by Crippen LogP contribution is -2.32. The summed E-state index contributed by atoms with van der Waals surface area (Å²) < 4.78 is 6.54. The Balaban J connectivity index is 2.03. The highest BCUT2D eigenvalue weighted by molar-refractivity contribution is 7.68. The SMILES string of the molecule is COc1ccccc1N=c1ssc2c1-c1cc(C)cc(C)c1NC2(C)C. The molecule has 2 heterocycles. The normalized spacial score (nSPS) is 15.2. The molecule has 1 aromatic heterocycles. The van der Waals surface area contributed by atoms with Crippen LogP contribution in [0, 0.1) is 13.8 Å². The quantitative estimate of drug-likeness (QED) is 0.552. The highest BCUT2D eigenvalue weighted by atomic mass is 32.9. The Kier molecular flexibility index (Phi) is 4.16. The first kappa shape index (κ1) is 17.3. The molecule has 0 atom stereocenters. The van der Waals surface area contributed by atoms with E-state index < -0.39 is 0 Å². The van der Waals surface area contributed by atoms with E-state index in [-0.39, 0.29) is 5.54 Å². The summed E-state index contributed by atoms with van der Waals surface area (Å²) >= 11 is 0. The monoisotopic (exact) mass is 382 g/mol. The minimum atomic E-state index is -0.113. The van der Waals surface area contributed by atoms with Gasteiger partial charge in [0.1, 0.15) is 16.1 Å². The Morgan fingerprint density at radius 1 is 1.08 bits per heavy atom. The molecule has 5 heteroatoms. The summed E-state index contributed by atoms with van der Waals surface area (Å²) in [6.45, 7) is 8.81. The fourth-order valence-electron chi connectivity index (χ4n) is 3.52. The Morgan fingerprint density at radius 3 is 2.62 bits per heavy atom. The predicted octanol–water partition coefficient (Wildman–Crippen LogP) is 6.00. The molecule has 0 unspecified atom stereocenters. The second-order valence-corrected chi connectivity index (χ2v) is 9.34. The summed E-state index contributed by atoms with van der Waals surface area (Å²) in [6.07, 6.45) is 0. The first-order valence-electron chi connectivity index (χ1n) is 8.62. The molecule has 3 nitrogen and oxygen atoms in total. The number of hydrogen-bond acceptors (Lipinski definition) is 5. The first-order valence-corrected chi connectivity index (χ1v) is 10.8. The van der Waals surface area contributed by atoms with E-state index in [1.807, 2.05) is 34.6 Å². The summed E-state index contributed by atoms with van der Waals surface area (Å²) in [6, 6.07) is 12.4. The molecular formula is C21H22N2OS2. The predicted molar refractivity (Wildman–Crippen MR) is 112 cm³/mol. The van der Waals surface area contributed by atoms with Crippen LogP contribution in [0.15, 0.2) is 41.4 Å². The van der Waals surface area contributed by atoms with E-state index in [0.29, 0.717) is 0 Å². The minimum Gasteiger partial charge on any atom is -0.494 e. The van der Waals surface area contributed by atoms with Crippen molar-refractivity contribution in [2.24, 2.45) is 4.99 Å². The highest BCUT2D eigenvalue weighted by Crippen LogP contribution is 2.47.